The lowest BCUT2D eigenvalue weighted by atomic mass is 9.66. The van der Waals surface area contributed by atoms with E-state index in [0.29, 0.717) is 12.1 Å². The molecule has 25 heavy (non-hydrogen) atoms. The van der Waals surface area contributed by atoms with Gasteiger partial charge in [-0.25, -0.2) is 0 Å². The largest absolute Gasteiger partial charge is 0.496 e. The van der Waals surface area contributed by atoms with Crippen molar-refractivity contribution in [2.45, 2.75) is 84.2 Å². The van der Waals surface area contributed by atoms with Gasteiger partial charge in [0.15, 0.2) is 0 Å². The van der Waals surface area contributed by atoms with Crippen molar-refractivity contribution in [2.75, 3.05) is 0 Å². The summed E-state index contributed by atoms with van der Waals surface area (Å²) in [6.45, 7) is 16.2. The van der Waals surface area contributed by atoms with Crippen molar-refractivity contribution >= 4 is 19.9 Å². The monoisotopic (exact) mass is 345 g/mol. The van der Waals surface area contributed by atoms with Crippen LogP contribution in [-0.4, -0.2) is 42.4 Å². The molecule has 0 spiro atoms. The summed E-state index contributed by atoms with van der Waals surface area (Å²) < 4.78 is 24.4. The van der Waals surface area contributed by atoms with Gasteiger partial charge in [-0.05, 0) is 60.9 Å². The van der Waals surface area contributed by atoms with E-state index in [1.165, 1.54) is 0 Å². The first-order chi connectivity index (χ1) is 11.3. The zero-order valence-corrected chi connectivity index (χ0v) is 16.6. The van der Waals surface area contributed by atoms with Gasteiger partial charge in [-0.15, -0.1) is 0 Å². The molecule has 1 N–H and O–H groups in total. The Balaban J connectivity index is 1.80. The normalized spacial score (nSPS) is 29.7. The van der Waals surface area contributed by atoms with E-state index in [4.69, 9.17) is 24.0 Å². The highest BCUT2D eigenvalue weighted by molar-refractivity contribution is 6.64. The first-order valence-electron chi connectivity index (χ1n) is 8.95. The average molecular weight is 345 g/mol. The highest BCUT2D eigenvalue weighted by Crippen LogP contribution is 2.42. The van der Waals surface area contributed by atoms with E-state index in [9.17, 15) is 0 Å². The summed E-state index contributed by atoms with van der Waals surface area (Å²) in [7, 11) is -0.921. The Bertz CT molecular complexity index is 632. The van der Waals surface area contributed by atoms with Crippen molar-refractivity contribution in [3.63, 3.8) is 0 Å². The fourth-order valence-corrected chi connectivity index (χ4v) is 3.01. The van der Waals surface area contributed by atoms with Gasteiger partial charge in [0.05, 0.1) is 22.4 Å². The molecule has 0 atom stereocenters. The molecule has 2 fully saturated rings. The fraction of sp³-hybridized carbons (Fsp3) is 0.722. The third-order valence-corrected chi connectivity index (χ3v) is 6.27. The molecule has 2 heterocycles. The van der Waals surface area contributed by atoms with Crippen molar-refractivity contribution < 1.29 is 18.6 Å². The Kier molecular flexibility index (Phi) is 4.20. The molecule has 3 rings (SSSR count). The second-order valence-electron chi connectivity index (χ2n) is 9.20. The van der Waals surface area contributed by atoms with Crippen LogP contribution in [0.5, 0.6) is 0 Å². The minimum absolute atomic E-state index is 0.379. The van der Waals surface area contributed by atoms with Crippen molar-refractivity contribution in [3.05, 3.63) is 23.1 Å². The standard InChI is InChI=1S/C18H29B2NO4/c1-15(2)16(3,4)23-19(22-15)12-9-10-13(14(21)11-12)20-24-17(5,6)18(7,8)25-20/h9-10,21H,11H2,1-8H3. The summed E-state index contributed by atoms with van der Waals surface area (Å²) in [5.74, 6) is 0. The average Bonchev–Trinajstić information content (AvgIpc) is 2.78. The highest BCUT2D eigenvalue weighted by Gasteiger charge is 2.55. The Labute approximate surface area is 151 Å². The van der Waals surface area contributed by atoms with Crippen LogP contribution < -0.4 is 0 Å². The predicted molar refractivity (Wildman–Crippen MR) is 101 cm³/mol. The van der Waals surface area contributed by atoms with E-state index in [0.717, 1.165) is 10.9 Å². The number of hydrogen-bond acceptors (Lipinski definition) is 5. The quantitative estimate of drug-likeness (QED) is 0.778. The Hall–Kier alpha value is -0.880. The number of nitrogens with one attached hydrogen (secondary N) is 1. The summed E-state index contributed by atoms with van der Waals surface area (Å²) >= 11 is 0. The van der Waals surface area contributed by atoms with Crippen molar-refractivity contribution in [1.82, 2.24) is 0 Å². The molecule has 0 unspecified atom stereocenters. The lowest BCUT2D eigenvalue weighted by Crippen LogP contribution is -2.41. The Morgan fingerprint density at radius 3 is 1.52 bits per heavy atom. The summed E-state index contributed by atoms with van der Waals surface area (Å²) in [5, 5.41) is 8.48. The zero-order valence-electron chi connectivity index (χ0n) is 16.6. The minimum Gasteiger partial charge on any atom is -0.400 e. The second kappa shape index (κ2) is 5.56. The van der Waals surface area contributed by atoms with Gasteiger partial charge in [0.2, 0.25) is 0 Å². The van der Waals surface area contributed by atoms with Crippen LogP contribution in [0.1, 0.15) is 61.8 Å². The molecule has 0 bridgehead atoms. The number of allylic oxidation sites excluding steroid dienone is 4. The molecule has 5 nitrogen and oxygen atoms in total. The summed E-state index contributed by atoms with van der Waals surface area (Å²) in [6.07, 6.45) is 4.38. The smallest absolute Gasteiger partial charge is 0.400 e. The lowest BCUT2D eigenvalue weighted by Gasteiger charge is -2.32. The van der Waals surface area contributed by atoms with Crippen LogP contribution >= 0.6 is 0 Å². The van der Waals surface area contributed by atoms with Crippen molar-refractivity contribution in [1.29, 1.82) is 5.41 Å². The summed E-state index contributed by atoms with van der Waals surface area (Å²) in [5.41, 5.74) is 0.657. The van der Waals surface area contributed by atoms with Crippen LogP contribution in [0.2, 0.25) is 0 Å². The van der Waals surface area contributed by atoms with Crippen LogP contribution in [-0.2, 0) is 18.6 Å². The molecule has 2 saturated heterocycles. The van der Waals surface area contributed by atoms with E-state index in [-0.39, 0.29) is 11.2 Å². The van der Waals surface area contributed by atoms with Crippen LogP contribution in [0.4, 0.5) is 0 Å². The van der Waals surface area contributed by atoms with Gasteiger partial charge >= 0.3 is 14.2 Å². The molecule has 0 radical (unpaired) electrons. The van der Waals surface area contributed by atoms with Gasteiger partial charge in [0.1, 0.15) is 0 Å². The lowest BCUT2D eigenvalue weighted by molar-refractivity contribution is 0.00578. The number of hydrogen-bond donors (Lipinski definition) is 1. The molecule has 0 aromatic carbocycles. The molecule has 7 heteroatoms. The van der Waals surface area contributed by atoms with Gasteiger partial charge < -0.3 is 24.0 Å². The maximum Gasteiger partial charge on any atom is 0.496 e. The Morgan fingerprint density at radius 1 is 0.720 bits per heavy atom. The molecular weight excluding hydrogens is 316 g/mol. The Morgan fingerprint density at radius 2 is 1.12 bits per heavy atom. The maximum atomic E-state index is 8.48. The highest BCUT2D eigenvalue weighted by atomic mass is 16.7. The molecule has 0 saturated carbocycles. The van der Waals surface area contributed by atoms with Gasteiger partial charge in [-0.3, -0.25) is 0 Å². The van der Waals surface area contributed by atoms with Gasteiger partial charge in [-0.2, -0.15) is 0 Å². The topological polar surface area (TPSA) is 60.8 Å². The second-order valence-corrected chi connectivity index (χ2v) is 9.20. The van der Waals surface area contributed by atoms with Gasteiger partial charge in [-0.1, -0.05) is 12.2 Å². The van der Waals surface area contributed by atoms with Gasteiger partial charge in [0, 0.05) is 17.6 Å². The first-order valence-corrected chi connectivity index (χ1v) is 8.95. The van der Waals surface area contributed by atoms with Gasteiger partial charge in [0.25, 0.3) is 0 Å². The molecule has 1 aliphatic carbocycles. The number of rotatable bonds is 2. The fourth-order valence-electron chi connectivity index (χ4n) is 3.01. The van der Waals surface area contributed by atoms with Crippen LogP contribution in [0.15, 0.2) is 23.1 Å². The van der Waals surface area contributed by atoms with Crippen LogP contribution in [0.3, 0.4) is 0 Å². The SMILES string of the molecule is CC1(C)OB(C2=CC=C(B3OC(C)(C)C(C)(C)O3)C(=N)C2)OC1(C)C. The first kappa shape index (κ1) is 18.9. The minimum atomic E-state index is -0.506. The van der Waals surface area contributed by atoms with Crippen LogP contribution in [0.25, 0.3) is 0 Å². The van der Waals surface area contributed by atoms with E-state index in [2.05, 4.69) is 0 Å². The molecule has 136 valence electrons. The molecule has 3 aliphatic rings. The van der Waals surface area contributed by atoms with E-state index in [1.807, 2.05) is 67.5 Å². The molecule has 0 amide bonds. The van der Waals surface area contributed by atoms with E-state index >= 15 is 0 Å². The molecule has 2 aliphatic heterocycles. The molecular formula is C18H29B2NO4. The summed E-state index contributed by atoms with van der Waals surface area (Å²) in [6, 6.07) is 0. The molecule has 0 aromatic rings. The van der Waals surface area contributed by atoms with E-state index in [1.54, 1.807) is 0 Å². The zero-order chi connectivity index (χ0) is 18.8. The van der Waals surface area contributed by atoms with Crippen molar-refractivity contribution in [2.24, 2.45) is 0 Å². The van der Waals surface area contributed by atoms with Crippen LogP contribution in [0, 0.1) is 5.41 Å². The predicted octanol–water partition coefficient (Wildman–Crippen LogP) is 3.53. The third kappa shape index (κ3) is 3.05. The summed E-state index contributed by atoms with van der Waals surface area (Å²) in [4.78, 5) is 0. The third-order valence-electron chi connectivity index (χ3n) is 6.27. The maximum absolute atomic E-state index is 8.48. The van der Waals surface area contributed by atoms with Crippen molar-refractivity contribution in [3.8, 4) is 0 Å². The molecule has 0 aromatic heterocycles. The van der Waals surface area contributed by atoms with E-state index < -0.39 is 25.4 Å².